The van der Waals surface area contributed by atoms with Gasteiger partial charge in [-0.2, -0.15) is 8.42 Å². The van der Waals surface area contributed by atoms with Crippen molar-refractivity contribution in [3.05, 3.63) is 48.0 Å². The van der Waals surface area contributed by atoms with Gasteiger partial charge >= 0.3 is 10.1 Å². The molecule has 24 heavy (non-hydrogen) atoms. The summed E-state index contributed by atoms with van der Waals surface area (Å²) in [4.78, 5) is 0.0233. The van der Waals surface area contributed by atoms with E-state index in [1.165, 1.54) is 12.1 Å². The van der Waals surface area contributed by atoms with Crippen molar-refractivity contribution in [3.8, 4) is 17.2 Å². The number of hydrogen-bond donors (Lipinski definition) is 0. The fourth-order valence-electron chi connectivity index (χ4n) is 2.29. The van der Waals surface area contributed by atoms with Gasteiger partial charge < -0.3 is 18.4 Å². The van der Waals surface area contributed by atoms with E-state index in [1.54, 1.807) is 25.3 Å². The van der Waals surface area contributed by atoms with Gasteiger partial charge in [0.2, 0.25) is 0 Å². The summed E-state index contributed by atoms with van der Waals surface area (Å²) >= 11 is 0. The Morgan fingerprint density at radius 3 is 2.42 bits per heavy atom. The van der Waals surface area contributed by atoms with E-state index in [-0.39, 0.29) is 10.6 Å². The number of methoxy groups -OCH3 is 1. The third kappa shape index (κ3) is 3.80. The molecule has 1 aliphatic rings. The monoisotopic (exact) mass is 350 g/mol. The van der Waals surface area contributed by atoms with Crippen molar-refractivity contribution in [1.82, 2.24) is 0 Å². The predicted octanol–water partition coefficient (Wildman–Crippen LogP) is 2.41. The van der Waals surface area contributed by atoms with Gasteiger partial charge in [0.05, 0.1) is 6.61 Å². The van der Waals surface area contributed by atoms with Crippen LogP contribution in [0, 0.1) is 0 Å². The highest BCUT2D eigenvalue weighted by atomic mass is 32.2. The second-order valence-electron chi connectivity index (χ2n) is 5.23. The van der Waals surface area contributed by atoms with Crippen LogP contribution in [0.25, 0.3) is 0 Å². The molecule has 0 spiro atoms. The van der Waals surface area contributed by atoms with Crippen LogP contribution in [-0.4, -0.2) is 35.3 Å². The summed E-state index contributed by atoms with van der Waals surface area (Å²) in [5.74, 6) is 1.19. The van der Waals surface area contributed by atoms with Crippen LogP contribution in [0.4, 0.5) is 0 Å². The molecule has 2 aromatic carbocycles. The summed E-state index contributed by atoms with van der Waals surface area (Å²) in [6.07, 6.45) is 0.756. The van der Waals surface area contributed by atoms with E-state index in [0.29, 0.717) is 31.3 Å². The molecule has 7 heteroatoms. The molecular weight excluding hydrogens is 332 g/mol. The van der Waals surface area contributed by atoms with Crippen LogP contribution in [0.2, 0.25) is 0 Å². The van der Waals surface area contributed by atoms with Crippen LogP contribution in [-0.2, 0) is 21.3 Å². The molecule has 0 aromatic heterocycles. The zero-order valence-electron chi connectivity index (χ0n) is 13.2. The van der Waals surface area contributed by atoms with Crippen LogP contribution >= 0.6 is 0 Å². The first kappa shape index (κ1) is 16.6. The number of fused-ring (bicyclic) bond motifs is 1. The smallest absolute Gasteiger partial charge is 0.339 e. The third-order valence-corrected chi connectivity index (χ3v) is 4.77. The minimum atomic E-state index is -3.94. The maximum atomic E-state index is 12.4. The van der Waals surface area contributed by atoms with Crippen molar-refractivity contribution in [1.29, 1.82) is 0 Å². The molecule has 0 bridgehead atoms. The van der Waals surface area contributed by atoms with Crippen LogP contribution in [0.15, 0.2) is 47.4 Å². The van der Waals surface area contributed by atoms with Crippen molar-refractivity contribution < 1.29 is 26.8 Å². The Morgan fingerprint density at radius 1 is 1.00 bits per heavy atom. The van der Waals surface area contributed by atoms with Crippen molar-refractivity contribution >= 4 is 10.1 Å². The minimum absolute atomic E-state index is 0.0233. The molecule has 0 N–H and O–H groups in total. The standard InChI is InChI=1S/C17H18O6S/c1-20-9-8-13-2-4-14(5-3-13)23-24(18,19)15-6-7-16-17(12-15)22-11-10-21-16/h2-7,12H,8-11H2,1H3. The first-order valence-electron chi connectivity index (χ1n) is 7.50. The summed E-state index contributed by atoms with van der Waals surface area (Å²) in [5.41, 5.74) is 1.04. The highest BCUT2D eigenvalue weighted by molar-refractivity contribution is 7.87. The molecule has 0 amide bonds. The molecule has 3 rings (SSSR count). The van der Waals surface area contributed by atoms with E-state index in [9.17, 15) is 8.42 Å². The maximum Gasteiger partial charge on any atom is 0.339 e. The Morgan fingerprint density at radius 2 is 1.71 bits per heavy atom. The second-order valence-corrected chi connectivity index (χ2v) is 6.78. The number of rotatable bonds is 6. The molecule has 0 fully saturated rings. The van der Waals surface area contributed by atoms with E-state index in [1.807, 2.05) is 12.1 Å². The lowest BCUT2D eigenvalue weighted by molar-refractivity contribution is 0.171. The maximum absolute atomic E-state index is 12.4. The molecule has 0 radical (unpaired) electrons. The van der Waals surface area contributed by atoms with Crippen LogP contribution in [0.3, 0.4) is 0 Å². The van der Waals surface area contributed by atoms with Gasteiger partial charge in [0.15, 0.2) is 11.5 Å². The molecule has 0 aliphatic carbocycles. The summed E-state index contributed by atoms with van der Waals surface area (Å²) in [5, 5.41) is 0. The third-order valence-electron chi connectivity index (χ3n) is 3.53. The van der Waals surface area contributed by atoms with Crippen molar-refractivity contribution in [3.63, 3.8) is 0 Å². The van der Waals surface area contributed by atoms with Crippen LogP contribution in [0.1, 0.15) is 5.56 Å². The zero-order valence-corrected chi connectivity index (χ0v) is 14.0. The van der Waals surface area contributed by atoms with E-state index < -0.39 is 10.1 Å². The van der Waals surface area contributed by atoms with Crippen LogP contribution in [0.5, 0.6) is 17.2 Å². The van der Waals surface area contributed by atoms with Gasteiger partial charge in [0, 0.05) is 13.2 Å². The van der Waals surface area contributed by atoms with Gasteiger partial charge in [0.25, 0.3) is 0 Å². The van der Waals surface area contributed by atoms with Gasteiger partial charge in [-0.05, 0) is 36.2 Å². The normalized spacial score (nSPS) is 13.5. The first-order valence-corrected chi connectivity index (χ1v) is 8.91. The largest absolute Gasteiger partial charge is 0.486 e. The SMILES string of the molecule is COCCc1ccc(OS(=O)(=O)c2ccc3c(c2)OCCO3)cc1. The lowest BCUT2D eigenvalue weighted by Crippen LogP contribution is -2.16. The Hall–Kier alpha value is -2.25. The Balaban J connectivity index is 1.76. The lowest BCUT2D eigenvalue weighted by atomic mass is 10.1. The summed E-state index contributed by atoms with van der Waals surface area (Å²) in [6, 6.07) is 11.3. The number of ether oxygens (including phenoxy) is 3. The summed E-state index contributed by atoms with van der Waals surface area (Å²) < 4.78 is 45.8. The fourth-order valence-corrected chi connectivity index (χ4v) is 3.23. The molecule has 0 saturated heterocycles. The highest BCUT2D eigenvalue weighted by Gasteiger charge is 2.21. The second kappa shape index (κ2) is 7.11. The van der Waals surface area contributed by atoms with Gasteiger partial charge in [-0.25, -0.2) is 0 Å². The molecule has 128 valence electrons. The van der Waals surface area contributed by atoms with Crippen LogP contribution < -0.4 is 13.7 Å². The Labute approximate surface area is 141 Å². The molecule has 2 aromatic rings. The van der Waals surface area contributed by atoms with E-state index in [2.05, 4.69) is 0 Å². The average Bonchev–Trinajstić information content (AvgIpc) is 2.60. The number of hydrogen-bond acceptors (Lipinski definition) is 6. The molecule has 1 aliphatic heterocycles. The summed E-state index contributed by atoms with van der Waals surface area (Å²) in [6.45, 7) is 1.45. The predicted molar refractivity (Wildman–Crippen MR) is 87.3 cm³/mol. The van der Waals surface area contributed by atoms with Crippen molar-refractivity contribution in [2.45, 2.75) is 11.3 Å². The average molecular weight is 350 g/mol. The zero-order chi connectivity index (χ0) is 17.0. The fraction of sp³-hybridized carbons (Fsp3) is 0.294. The highest BCUT2D eigenvalue weighted by Crippen LogP contribution is 2.33. The molecule has 1 heterocycles. The van der Waals surface area contributed by atoms with Gasteiger partial charge in [0.1, 0.15) is 23.9 Å². The van der Waals surface area contributed by atoms with E-state index >= 15 is 0 Å². The van der Waals surface area contributed by atoms with Gasteiger partial charge in [-0.15, -0.1) is 0 Å². The molecular formula is C17H18O6S. The molecule has 0 saturated carbocycles. The first-order chi connectivity index (χ1) is 11.6. The Kier molecular flexibility index (Phi) is 4.92. The Bertz CT molecular complexity index is 798. The minimum Gasteiger partial charge on any atom is -0.486 e. The van der Waals surface area contributed by atoms with Gasteiger partial charge in [-0.1, -0.05) is 12.1 Å². The summed E-state index contributed by atoms with van der Waals surface area (Å²) in [7, 11) is -2.30. The topological polar surface area (TPSA) is 71.1 Å². The van der Waals surface area contributed by atoms with Crippen molar-refractivity contribution in [2.24, 2.45) is 0 Å². The van der Waals surface area contributed by atoms with E-state index in [4.69, 9.17) is 18.4 Å². The molecule has 6 nitrogen and oxygen atoms in total. The molecule has 0 unspecified atom stereocenters. The lowest BCUT2D eigenvalue weighted by Gasteiger charge is -2.18. The van der Waals surface area contributed by atoms with Crippen molar-refractivity contribution in [2.75, 3.05) is 26.9 Å². The van der Waals surface area contributed by atoms with Gasteiger partial charge in [-0.3, -0.25) is 0 Å². The quantitative estimate of drug-likeness (QED) is 0.745. The molecule has 0 atom stereocenters. The van der Waals surface area contributed by atoms with E-state index in [0.717, 1.165) is 12.0 Å². The number of benzene rings is 2.